The average Bonchev–Trinajstić information content (AvgIpc) is 3.41. The maximum atomic E-state index is 11.2. The molecule has 0 radical (unpaired) electrons. The number of benzene rings is 1. The molecule has 0 spiro atoms. The van der Waals surface area contributed by atoms with Crippen LogP contribution in [0.5, 0.6) is 5.75 Å². The van der Waals surface area contributed by atoms with E-state index in [0.717, 1.165) is 28.0 Å². The SMILES string of the molecule is CCc1cc(-c2noc(-c3sc(C)c(CC(C)C)c3C)n2)cc(C)c1OCC(O)CNC(=O)CO. The van der Waals surface area contributed by atoms with Crippen LogP contribution in [0.2, 0.25) is 0 Å². The number of aliphatic hydroxyl groups is 2. The molecule has 9 heteroatoms. The number of nitrogens with one attached hydrogen (secondary N) is 1. The molecule has 1 unspecified atom stereocenters. The van der Waals surface area contributed by atoms with Gasteiger partial charge in [0.05, 0.1) is 4.88 Å². The number of hydrogen-bond acceptors (Lipinski definition) is 8. The Labute approximate surface area is 210 Å². The van der Waals surface area contributed by atoms with Crippen molar-refractivity contribution in [1.29, 1.82) is 0 Å². The molecule has 3 N–H and O–H groups in total. The fraction of sp³-hybridized carbons (Fsp3) is 0.500. The normalized spacial score (nSPS) is 12.3. The van der Waals surface area contributed by atoms with E-state index >= 15 is 0 Å². The van der Waals surface area contributed by atoms with Crippen LogP contribution in [0.3, 0.4) is 0 Å². The van der Waals surface area contributed by atoms with Gasteiger partial charge in [0.15, 0.2) is 0 Å². The minimum atomic E-state index is -0.896. The Morgan fingerprint density at radius 3 is 2.66 bits per heavy atom. The summed E-state index contributed by atoms with van der Waals surface area (Å²) in [5, 5.41) is 25.5. The molecule has 0 saturated heterocycles. The van der Waals surface area contributed by atoms with Crippen molar-refractivity contribution in [3.8, 4) is 27.9 Å². The van der Waals surface area contributed by atoms with Crippen molar-refractivity contribution >= 4 is 17.2 Å². The summed E-state index contributed by atoms with van der Waals surface area (Å²) in [5.74, 6) is 1.78. The third kappa shape index (κ3) is 6.48. The summed E-state index contributed by atoms with van der Waals surface area (Å²) in [5.41, 5.74) is 5.26. The van der Waals surface area contributed by atoms with Gasteiger partial charge in [-0.1, -0.05) is 25.9 Å². The lowest BCUT2D eigenvalue weighted by molar-refractivity contribution is -0.124. The van der Waals surface area contributed by atoms with Crippen LogP contribution in [-0.4, -0.2) is 52.1 Å². The van der Waals surface area contributed by atoms with Gasteiger partial charge in [-0.15, -0.1) is 11.3 Å². The topological polar surface area (TPSA) is 118 Å². The molecule has 8 nitrogen and oxygen atoms in total. The zero-order valence-electron chi connectivity index (χ0n) is 21.3. The molecule has 190 valence electrons. The van der Waals surface area contributed by atoms with Crippen LogP contribution in [0.1, 0.15) is 47.9 Å². The molecule has 1 amide bonds. The van der Waals surface area contributed by atoms with Crippen LogP contribution in [0.15, 0.2) is 16.7 Å². The highest BCUT2D eigenvalue weighted by molar-refractivity contribution is 7.15. The molecule has 0 aliphatic carbocycles. The van der Waals surface area contributed by atoms with Gasteiger partial charge >= 0.3 is 0 Å². The number of nitrogens with zero attached hydrogens (tertiary/aromatic N) is 2. The molecule has 2 aromatic heterocycles. The van der Waals surface area contributed by atoms with E-state index < -0.39 is 18.6 Å². The summed E-state index contributed by atoms with van der Waals surface area (Å²) in [4.78, 5) is 18.2. The van der Waals surface area contributed by atoms with E-state index in [2.05, 4.69) is 38.2 Å². The van der Waals surface area contributed by atoms with Gasteiger partial charge in [-0.3, -0.25) is 4.79 Å². The first-order valence-electron chi connectivity index (χ1n) is 11.9. The Morgan fingerprint density at radius 1 is 1.26 bits per heavy atom. The van der Waals surface area contributed by atoms with Crippen LogP contribution in [-0.2, 0) is 17.6 Å². The second-order valence-electron chi connectivity index (χ2n) is 9.17. The number of ether oxygens (including phenoxy) is 1. The highest BCUT2D eigenvalue weighted by Gasteiger charge is 2.21. The number of hydrogen-bond donors (Lipinski definition) is 3. The van der Waals surface area contributed by atoms with Crippen LogP contribution in [0, 0.1) is 26.7 Å². The molecule has 0 fully saturated rings. The van der Waals surface area contributed by atoms with Crippen molar-refractivity contribution in [3.63, 3.8) is 0 Å². The van der Waals surface area contributed by atoms with E-state index in [1.807, 2.05) is 26.0 Å². The molecule has 3 rings (SSSR count). The lowest BCUT2D eigenvalue weighted by Gasteiger charge is -2.17. The number of carbonyl (C=O) groups excluding carboxylic acids is 1. The molecule has 3 aromatic rings. The Morgan fingerprint density at radius 2 is 2.00 bits per heavy atom. The van der Waals surface area contributed by atoms with Gasteiger partial charge in [0.2, 0.25) is 11.7 Å². The summed E-state index contributed by atoms with van der Waals surface area (Å²) in [6.07, 6.45) is 0.846. The van der Waals surface area contributed by atoms with Crippen molar-refractivity contribution in [2.45, 2.75) is 60.5 Å². The predicted octanol–water partition coefficient (Wildman–Crippen LogP) is 4.00. The summed E-state index contributed by atoms with van der Waals surface area (Å²) in [6.45, 7) is 12.1. The van der Waals surface area contributed by atoms with Gasteiger partial charge in [-0.25, -0.2) is 0 Å². The second-order valence-corrected chi connectivity index (χ2v) is 10.4. The average molecular weight is 502 g/mol. The maximum Gasteiger partial charge on any atom is 0.268 e. The summed E-state index contributed by atoms with van der Waals surface area (Å²) in [7, 11) is 0. The minimum Gasteiger partial charge on any atom is -0.490 e. The highest BCUT2D eigenvalue weighted by Crippen LogP contribution is 2.37. The molecule has 0 aliphatic rings. The minimum absolute atomic E-state index is 0.00408. The molecule has 0 saturated carbocycles. The second kappa shape index (κ2) is 11.8. The maximum absolute atomic E-state index is 11.2. The van der Waals surface area contributed by atoms with Crippen molar-refractivity contribution in [1.82, 2.24) is 15.5 Å². The van der Waals surface area contributed by atoms with E-state index in [4.69, 9.17) is 19.4 Å². The quantitative estimate of drug-likeness (QED) is 0.363. The number of thiophene rings is 1. The Kier molecular flexibility index (Phi) is 9.04. The zero-order valence-corrected chi connectivity index (χ0v) is 22.1. The molecule has 1 atom stereocenters. The smallest absolute Gasteiger partial charge is 0.268 e. The molecular weight excluding hydrogens is 466 g/mol. The number of aryl methyl sites for hydroxylation is 3. The van der Waals surface area contributed by atoms with Gasteiger partial charge in [0, 0.05) is 17.0 Å². The summed E-state index contributed by atoms with van der Waals surface area (Å²) in [6, 6.07) is 3.92. The van der Waals surface area contributed by atoms with Gasteiger partial charge in [0.25, 0.3) is 5.89 Å². The van der Waals surface area contributed by atoms with Crippen molar-refractivity contribution in [3.05, 3.63) is 39.3 Å². The Hall–Kier alpha value is -2.75. The number of rotatable bonds is 11. The first kappa shape index (κ1) is 26.8. The first-order valence-corrected chi connectivity index (χ1v) is 12.7. The fourth-order valence-electron chi connectivity index (χ4n) is 4.01. The van der Waals surface area contributed by atoms with E-state index in [1.165, 1.54) is 16.0 Å². The number of aromatic nitrogens is 2. The van der Waals surface area contributed by atoms with E-state index in [0.29, 0.717) is 29.8 Å². The number of carbonyl (C=O) groups is 1. The molecule has 1 aromatic carbocycles. The first-order chi connectivity index (χ1) is 16.6. The lowest BCUT2D eigenvalue weighted by Crippen LogP contribution is -2.36. The number of aliphatic hydroxyl groups excluding tert-OH is 2. The van der Waals surface area contributed by atoms with Crippen molar-refractivity contribution < 1.29 is 24.3 Å². The van der Waals surface area contributed by atoms with Gasteiger partial charge in [-0.2, -0.15) is 4.98 Å². The predicted molar refractivity (Wildman–Crippen MR) is 137 cm³/mol. The summed E-state index contributed by atoms with van der Waals surface area (Å²) < 4.78 is 11.6. The molecular formula is C26H35N3O5S. The van der Waals surface area contributed by atoms with E-state index in [1.54, 1.807) is 11.3 Å². The highest BCUT2D eigenvalue weighted by atomic mass is 32.1. The lowest BCUT2D eigenvalue weighted by atomic mass is 9.99. The molecule has 35 heavy (non-hydrogen) atoms. The third-order valence-electron chi connectivity index (χ3n) is 5.80. The van der Waals surface area contributed by atoms with E-state index in [-0.39, 0.29) is 13.2 Å². The van der Waals surface area contributed by atoms with Crippen LogP contribution in [0.4, 0.5) is 0 Å². The largest absolute Gasteiger partial charge is 0.490 e. The van der Waals surface area contributed by atoms with Gasteiger partial charge in [0.1, 0.15) is 25.1 Å². The molecule has 0 bridgehead atoms. The molecule has 2 heterocycles. The van der Waals surface area contributed by atoms with Crippen molar-refractivity contribution in [2.75, 3.05) is 19.8 Å². The zero-order chi connectivity index (χ0) is 25.7. The van der Waals surface area contributed by atoms with Crippen LogP contribution in [0.25, 0.3) is 22.2 Å². The Bertz CT molecular complexity index is 1170. The standard InChI is InChI=1S/C26H35N3O5S/c1-7-18-10-19(9-15(4)23(18)33-13-20(31)11-27-22(32)12-30)25-28-26(34-29-25)24-16(5)21(8-14(2)3)17(6)35-24/h9-10,14,20,30-31H,7-8,11-13H2,1-6H3,(H,27,32). The molecule has 0 aliphatic heterocycles. The monoisotopic (exact) mass is 501 g/mol. The third-order valence-corrected chi connectivity index (χ3v) is 7.03. The van der Waals surface area contributed by atoms with Crippen molar-refractivity contribution in [2.24, 2.45) is 5.92 Å². The van der Waals surface area contributed by atoms with Crippen LogP contribution < -0.4 is 10.1 Å². The number of amides is 1. The van der Waals surface area contributed by atoms with Gasteiger partial charge < -0.3 is 24.8 Å². The van der Waals surface area contributed by atoms with Gasteiger partial charge in [-0.05, 0) is 73.9 Å². The fourth-order valence-corrected chi connectivity index (χ4v) is 5.12. The summed E-state index contributed by atoms with van der Waals surface area (Å²) >= 11 is 1.69. The van der Waals surface area contributed by atoms with E-state index in [9.17, 15) is 9.90 Å². The Balaban J connectivity index is 1.80. The van der Waals surface area contributed by atoms with Crippen LogP contribution >= 0.6 is 11.3 Å².